The van der Waals surface area contributed by atoms with E-state index in [1.165, 1.54) is 30.4 Å². The summed E-state index contributed by atoms with van der Waals surface area (Å²) in [5, 5.41) is 7.16. The van der Waals surface area contributed by atoms with E-state index >= 15 is 0 Å². The molecule has 0 aromatic heterocycles. The topological polar surface area (TPSA) is 138 Å². The zero-order valence-electron chi connectivity index (χ0n) is 23.3. The molecular weight excluding hydrogens is 594 g/mol. The number of benzene rings is 3. The quantitative estimate of drug-likeness (QED) is 0.240. The van der Waals surface area contributed by atoms with E-state index in [2.05, 4.69) is 10.6 Å². The van der Waals surface area contributed by atoms with Crippen LogP contribution in [0.15, 0.2) is 106 Å². The van der Waals surface area contributed by atoms with Crippen molar-refractivity contribution in [1.29, 1.82) is 0 Å². The van der Waals surface area contributed by atoms with Crippen molar-refractivity contribution >= 4 is 26.3 Å². The van der Waals surface area contributed by atoms with Gasteiger partial charge in [-0.25, -0.2) is 16.8 Å². The van der Waals surface area contributed by atoms with E-state index in [1.54, 1.807) is 12.1 Å². The SMILES string of the molecule is O=S(=O)([O-])C1=C(C=Cc2ccccc2S(=O)(=O)[O-])C=CC(C2NCc3ccccc32)(C2NCc3ccccc32)C1.[Na+].[Na+]. The molecule has 2 aliphatic heterocycles. The van der Waals surface area contributed by atoms with Crippen LogP contribution >= 0.6 is 0 Å². The molecule has 3 aromatic carbocycles. The van der Waals surface area contributed by atoms with Crippen molar-refractivity contribution < 1.29 is 85.1 Å². The first kappa shape index (κ1) is 33.5. The predicted octanol–water partition coefficient (Wildman–Crippen LogP) is -1.95. The molecule has 206 valence electrons. The minimum atomic E-state index is -4.91. The molecule has 0 bridgehead atoms. The van der Waals surface area contributed by atoms with Gasteiger partial charge < -0.3 is 19.7 Å². The Balaban J connectivity index is 0.00000202. The second kappa shape index (κ2) is 12.9. The molecule has 1 aliphatic carbocycles. The normalized spacial score (nSPS) is 23.3. The van der Waals surface area contributed by atoms with Crippen molar-refractivity contribution in [3.63, 3.8) is 0 Å². The maximum atomic E-state index is 12.8. The molecule has 12 heteroatoms. The van der Waals surface area contributed by atoms with E-state index in [0.717, 1.165) is 22.3 Å². The molecule has 0 fully saturated rings. The van der Waals surface area contributed by atoms with E-state index in [1.807, 2.05) is 54.6 Å². The minimum absolute atomic E-state index is 0. The first-order chi connectivity index (χ1) is 19.1. The molecule has 0 radical (unpaired) electrons. The van der Waals surface area contributed by atoms with E-state index in [0.29, 0.717) is 13.1 Å². The maximum Gasteiger partial charge on any atom is 1.00 e. The molecule has 8 nitrogen and oxygen atoms in total. The summed E-state index contributed by atoms with van der Waals surface area (Å²) in [4.78, 5) is -0.711. The molecule has 0 saturated heterocycles. The van der Waals surface area contributed by atoms with E-state index in [-0.39, 0.29) is 93.7 Å². The molecule has 2 unspecified atom stereocenters. The molecule has 0 saturated carbocycles. The van der Waals surface area contributed by atoms with Crippen LogP contribution in [-0.4, -0.2) is 25.9 Å². The molecular formula is C30H26N2Na2O6S2. The molecule has 2 atom stereocenters. The number of hydrogen-bond donors (Lipinski definition) is 2. The van der Waals surface area contributed by atoms with Gasteiger partial charge in [-0.05, 0) is 45.9 Å². The largest absolute Gasteiger partial charge is 1.00 e. The number of rotatable bonds is 6. The molecule has 2 heterocycles. The molecule has 42 heavy (non-hydrogen) atoms. The van der Waals surface area contributed by atoms with Gasteiger partial charge in [-0.15, -0.1) is 0 Å². The van der Waals surface area contributed by atoms with Crippen LogP contribution in [0.25, 0.3) is 6.08 Å². The number of fused-ring (bicyclic) bond motifs is 2. The Morgan fingerprint density at radius 3 is 1.79 bits per heavy atom. The van der Waals surface area contributed by atoms with Crippen LogP contribution in [0.4, 0.5) is 0 Å². The van der Waals surface area contributed by atoms with Crippen LogP contribution in [0.1, 0.15) is 46.3 Å². The first-order valence-electron chi connectivity index (χ1n) is 12.8. The Kier molecular flexibility index (Phi) is 10.3. The second-order valence-corrected chi connectivity index (χ2v) is 13.1. The summed E-state index contributed by atoms with van der Waals surface area (Å²) < 4.78 is 73.5. The number of hydrogen-bond acceptors (Lipinski definition) is 8. The Morgan fingerprint density at radius 2 is 1.24 bits per heavy atom. The van der Waals surface area contributed by atoms with Gasteiger partial charge in [0.2, 0.25) is 0 Å². The smallest absolute Gasteiger partial charge is 0.744 e. The van der Waals surface area contributed by atoms with Gasteiger partial charge in [0, 0.05) is 35.5 Å². The van der Waals surface area contributed by atoms with Crippen LogP contribution in [0.3, 0.4) is 0 Å². The van der Waals surface area contributed by atoms with Gasteiger partial charge in [-0.2, -0.15) is 0 Å². The Labute approximate surface area is 290 Å². The zero-order chi connectivity index (χ0) is 28.1. The van der Waals surface area contributed by atoms with Crippen molar-refractivity contribution in [2.75, 3.05) is 0 Å². The monoisotopic (exact) mass is 620 g/mol. The third-order valence-corrected chi connectivity index (χ3v) is 9.99. The molecule has 6 rings (SSSR count). The van der Waals surface area contributed by atoms with Crippen LogP contribution in [0.5, 0.6) is 0 Å². The van der Waals surface area contributed by atoms with Gasteiger partial charge >= 0.3 is 59.1 Å². The second-order valence-electron chi connectivity index (χ2n) is 10.3. The van der Waals surface area contributed by atoms with Crippen LogP contribution < -0.4 is 69.7 Å². The third kappa shape index (κ3) is 6.24. The molecule has 3 aromatic rings. The summed E-state index contributed by atoms with van der Waals surface area (Å²) in [6.07, 6.45) is 6.27. The summed E-state index contributed by atoms with van der Waals surface area (Å²) in [7, 11) is -9.67. The van der Waals surface area contributed by atoms with Gasteiger partial charge in [-0.1, -0.05) is 91.0 Å². The number of nitrogens with one attached hydrogen (secondary N) is 2. The summed E-state index contributed by atoms with van der Waals surface area (Å²) >= 11 is 0. The summed E-state index contributed by atoms with van der Waals surface area (Å²) in [5.41, 5.74) is 3.74. The standard InChI is InChI=1S/C30H28N2O6S2.2Na/c33-39(34,35)26-12-6-3-7-20(26)13-14-21-15-16-30(17-27(21)40(36,37)38,28-24-10-4-1-8-22(24)18-31-28)29-25-11-5-2-9-23(25)19-32-29;;/h1-16,28-29,31-32H,17-19H2,(H,33,34,35)(H,36,37,38);;/q;2*+1/p-2. The number of allylic oxidation sites excluding steroid dienone is 4. The van der Waals surface area contributed by atoms with Crippen LogP contribution in [-0.2, 0) is 33.3 Å². The predicted molar refractivity (Wildman–Crippen MR) is 148 cm³/mol. The van der Waals surface area contributed by atoms with Crippen molar-refractivity contribution in [2.24, 2.45) is 5.41 Å². The van der Waals surface area contributed by atoms with Gasteiger partial charge in [0.1, 0.15) is 20.2 Å². The van der Waals surface area contributed by atoms with Crippen LogP contribution in [0, 0.1) is 5.41 Å². The summed E-state index contributed by atoms with van der Waals surface area (Å²) in [6, 6.07) is 21.0. The first-order valence-corrected chi connectivity index (χ1v) is 15.6. The Bertz CT molecular complexity index is 1760. The zero-order valence-corrected chi connectivity index (χ0v) is 28.9. The molecule has 3 aliphatic rings. The van der Waals surface area contributed by atoms with E-state index in [9.17, 15) is 25.9 Å². The van der Waals surface area contributed by atoms with Gasteiger partial charge in [0.25, 0.3) is 0 Å². The average Bonchev–Trinajstić information content (AvgIpc) is 3.56. The van der Waals surface area contributed by atoms with Crippen LogP contribution in [0.2, 0.25) is 0 Å². The van der Waals surface area contributed by atoms with Crippen molar-refractivity contribution in [3.8, 4) is 0 Å². The van der Waals surface area contributed by atoms with E-state index in [4.69, 9.17) is 0 Å². The Hall–Kier alpha value is -1.38. The van der Waals surface area contributed by atoms with Gasteiger partial charge in [-0.3, -0.25) is 0 Å². The minimum Gasteiger partial charge on any atom is -0.744 e. The Morgan fingerprint density at radius 1 is 0.714 bits per heavy atom. The fourth-order valence-corrected chi connectivity index (χ4v) is 7.83. The fourth-order valence-electron chi connectivity index (χ4n) is 6.30. The molecule has 0 amide bonds. The average molecular weight is 621 g/mol. The third-order valence-electron chi connectivity index (χ3n) is 8.09. The summed E-state index contributed by atoms with van der Waals surface area (Å²) in [5.74, 6) is 0. The van der Waals surface area contributed by atoms with E-state index < -0.39 is 30.5 Å². The van der Waals surface area contributed by atoms with Crippen molar-refractivity contribution in [2.45, 2.75) is 36.5 Å². The van der Waals surface area contributed by atoms with Crippen molar-refractivity contribution in [3.05, 3.63) is 129 Å². The fraction of sp³-hybridized carbons (Fsp3) is 0.200. The van der Waals surface area contributed by atoms with Gasteiger partial charge in [0.05, 0.1) is 4.90 Å². The molecule has 0 spiro atoms. The maximum absolute atomic E-state index is 12.8. The van der Waals surface area contributed by atoms with Gasteiger partial charge in [0.15, 0.2) is 0 Å². The summed E-state index contributed by atoms with van der Waals surface area (Å²) in [6.45, 7) is 1.22. The van der Waals surface area contributed by atoms with Crippen molar-refractivity contribution in [1.82, 2.24) is 10.6 Å². The molecule has 2 N–H and O–H groups in total.